The molecule has 5 heteroatoms. The molecule has 1 saturated carbocycles. The second-order valence-corrected chi connectivity index (χ2v) is 7.92. The second kappa shape index (κ2) is 6.41. The van der Waals surface area contributed by atoms with Crippen LogP contribution < -0.4 is 4.72 Å². The van der Waals surface area contributed by atoms with Crippen LogP contribution in [0.4, 0.5) is 0 Å². The minimum atomic E-state index is -3.38. The summed E-state index contributed by atoms with van der Waals surface area (Å²) >= 11 is 5.91. The van der Waals surface area contributed by atoms with E-state index in [1.807, 2.05) is 42.5 Å². The van der Waals surface area contributed by atoms with Crippen LogP contribution in [0.15, 0.2) is 54.6 Å². The van der Waals surface area contributed by atoms with E-state index in [2.05, 4.69) is 4.72 Å². The Morgan fingerprint density at radius 1 is 1.05 bits per heavy atom. The van der Waals surface area contributed by atoms with Crippen LogP contribution in [0.25, 0.3) is 0 Å². The molecule has 1 aliphatic carbocycles. The first kappa shape index (κ1) is 15.5. The largest absolute Gasteiger partial charge is 0.216 e. The zero-order valence-electron chi connectivity index (χ0n) is 12.1. The van der Waals surface area contributed by atoms with E-state index in [1.54, 1.807) is 12.1 Å². The Morgan fingerprint density at radius 2 is 1.68 bits per heavy atom. The van der Waals surface area contributed by atoms with Gasteiger partial charge in [0.25, 0.3) is 0 Å². The maximum atomic E-state index is 12.4. The van der Waals surface area contributed by atoms with Gasteiger partial charge in [-0.15, -0.1) is 0 Å². The molecule has 1 fully saturated rings. The Labute approximate surface area is 136 Å². The lowest BCUT2D eigenvalue weighted by atomic mass is 10.0. The van der Waals surface area contributed by atoms with Crippen molar-refractivity contribution in [2.24, 2.45) is 5.92 Å². The lowest BCUT2D eigenvalue weighted by Gasteiger charge is -2.19. The topological polar surface area (TPSA) is 46.2 Å². The van der Waals surface area contributed by atoms with E-state index in [9.17, 15) is 8.42 Å². The van der Waals surface area contributed by atoms with E-state index in [4.69, 9.17) is 11.6 Å². The van der Waals surface area contributed by atoms with Crippen LogP contribution in [0, 0.1) is 5.92 Å². The number of rotatable bonds is 6. The highest BCUT2D eigenvalue weighted by Gasteiger charge is 2.34. The van der Waals surface area contributed by atoms with E-state index >= 15 is 0 Å². The molecule has 1 aliphatic rings. The normalized spacial score (nSPS) is 16.4. The highest BCUT2D eigenvalue weighted by molar-refractivity contribution is 7.88. The van der Waals surface area contributed by atoms with Gasteiger partial charge in [-0.1, -0.05) is 54.1 Å². The summed E-state index contributed by atoms with van der Waals surface area (Å²) in [5.41, 5.74) is 1.77. The molecular weight excluding hydrogens is 318 g/mol. The van der Waals surface area contributed by atoms with Gasteiger partial charge in [0.1, 0.15) is 0 Å². The molecule has 0 aromatic heterocycles. The van der Waals surface area contributed by atoms with Crippen molar-refractivity contribution in [2.75, 3.05) is 0 Å². The van der Waals surface area contributed by atoms with Crippen molar-refractivity contribution in [3.05, 3.63) is 70.7 Å². The number of benzene rings is 2. The molecule has 22 heavy (non-hydrogen) atoms. The zero-order valence-corrected chi connectivity index (χ0v) is 13.6. The summed E-state index contributed by atoms with van der Waals surface area (Å²) in [7, 11) is -3.38. The lowest BCUT2D eigenvalue weighted by Crippen LogP contribution is -2.31. The predicted octanol–water partition coefficient (Wildman–Crippen LogP) is 3.91. The summed E-state index contributed by atoms with van der Waals surface area (Å²) in [6, 6.07) is 16.5. The third kappa shape index (κ3) is 4.09. The van der Waals surface area contributed by atoms with Crippen LogP contribution in [-0.4, -0.2) is 8.42 Å². The number of hydrogen-bond acceptors (Lipinski definition) is 2. The summed E-state index contributed by atoms with van der Waals surface area (Å²) in [5, 5.41) is 0.658. The molecule has 0 saturated heterocycles. The molecule has 3 nitrogen and oxygen atoms in total. The highest BCUT2D eigenvalue weighted by Crippen LogP contribution is 2.41. The van der Waals surface area contributed by atoms with Crippen molar-refractivity contribution in [1.29, 1.82) is 0 Å². The van der Waals surface area contributed by atoms with E-state index in [0.29, 0.717) is 10.9 Å². The molecule has 116 valence electrons. The molecular formula is C17H18ClNO2S. The number of hydrogen-bond donors (Lipinski definition) is 1. The van der Waals surface area contributed by atoms with Gasteiger partial charge in [0.2, 0.25) is 10.0 Å². The molecule has 1 N–H and O–H groups in total. The molecule has 2 aromatic rings. The Morgan fingerprint density at radius 3 is 2.27 bits per heavy atom. The molecule has 1 atom stereocenters. The SMILES string of the molecule is O=S(=O)(Cc1ccccc1)NC(c1ccc(Cl)cc1)C1CC1. The number of halogens is 1. The van der Waals surface area contributed by atoms with Gasteiger partial charge in [-0.05, 0) is 42.0 Å². The van der Waals surface area contributed by atoms with Crippen molar-refractivity contribution in [3.8, 4) is 0 Å². The fourth-order valence-electron chi connectivity index (χ4n) is 2.56. The van der Waals surface area contributed by atoms with Crippen molar-refractivity contribution >= 4 is 21.6 Å². The first-order valence-electron chi connectivity index (χ1n) is 7.33. The molecule has 0 bridgehead atoms. The number of nitrogens with one attached hydrogen (secondary N) is 1. The zero-order chi connectivity index (χ0) is 15.6. The molecule has 1 unspecified atom stereocenters. The van der Waals surface area contributed by atoms with Gasteiger partial charge < -0.3 is 0 Å². The van der Waals surface area contributed by atoms with Crippen molar-refractivity contribution in [1.82, 2.24) is 4.72 Å². The molecule has 0 spiro atoms. The van der Waals surface area contributed by atoms with Crippen LogP contribution >= 0.6 is 11.6 Å². The predicted molar refractivity (Wildman–Crippen MR) is 89.1 cm³/mol. The van der Waals surface area contributed by atoms with Crippen LogP contribution in [0.5, 0.6) is 0 Å². The maximum Gasteiger partial charge on any atom is 0.216 e. The van der Waals surface area contributed by atoms with E-state index in [1.165, 1.54) is 0 Å². The summed E-state index contributed by atoms with van der Waals surface area (Å²) in [4.78, 5) is 0. The van der Waals surface area contributed by atoms with Gasteiger partial charge in [0.05, 0.1) is 5.75 Å². The molecule has 2 aromatic carbocycles. The Balaban J connectivity index is 1.77. The monoisotopic (exact) mass is 335 g/mol. The average molecular weight is 336 g/mol. The van der Waals surface area contributed by atoms with Crippen molar-refractivity contribution in [3.63, 3.8) is 0 Å². The maximum absolute atomic E-state index is 12.4. The minimum Gasteiger partial charge on any atom is -0.212 e. The quantitative estimate of drug-likeness (QED) is 0.870. The smallest absolute Gasteiger partial charge is 0.212 e. The number of sulfonamides is 1. The van der Waals surface area contributed by atoms with Crippen LogP contribution in [-0.2, 0) is 15.8 Å². The highest BCUT2D eigenvalue weighted by atomic mass is 35.5. The van der Waals surface area contributed by atoms with Gasteiger partial charge in [-0.25, -0.2) is 13.1 Å². The van der Waals surface area contributed by atoms with Crippen LogP contribution in [0.3, 0.4) is 0 Å². The van der Waals surface area contributed by atoms with Gasteiger partial charge in [0.15, 0.2) is 0 Å². The van der Waals surface area contributed by atoms with Crippen LogP contribution in [0.1, 0.15) is 30.0 Å². The first-order chi connectivity index (χ1) is 10.5. The Hall–Kier alpha value is -1.36. The van der Waals surface area contributed by atoms with Crippen molar-refractivity contribution in [2.45, 2.75) is 24.6 Å². The summed E-state index contributed by atoms with van der Waals surface area (Å²) in [6.07, 6.45) is 2.11. The minimum absolute atomic E-state index is 0.00461. The molecule has 3 rings (SSSR count). The molecule has 0 aliphatic heterocycles. The Bertz CT molecular complexity index is 725. The summed E-state index contributed by atoms with van der Waals surface area (Å²) < 4.78 is 27.8. The van der Waals surface area contributed by atoms with Gasteiger partial charge >= 0.3 is 0 Å². The molecule has 0 amide bonds. The molecule has 0 heterocycles. The van der Waals surface area contributed by atoms with Gasteiger partial charge in [-0.3, -0.25) is 0 Å². The van der Waals surface area contributed by atoms with Crippen molar-refractivity contribution < 1.29 is 8.42 Å². The average Bonchev–Trinajstić information content (AvgIpc) is 3.31. The summed E-state index contributed by atoms with van der Waals surface area (Å²) in [6.45, 7) is 0. The second-order valence-electron chi connectivity index (χ2n) is 5.73. The standard InChI is InChI=1S/C17H18ClNO2S/c18-16-10-8-15(9-11-16)17(14-6-7-14)19-22(20,21)12-13-4-2-1-3-5-13/h1-5,8-11,14,17,19H,6-7,12H2. The van der Waals surface area contributed by atoms with E-state index in [0.717, 1.165) is 24.0 Å². The summed E-state index contributed by atoms with van der Waals surface area (Å²) in [5.74, 6) is 0.386. The van der Waals surface area contributed by atoms with E-state index < -0.39 is 10.0 Å². The van der Waals surface area contributed by atoms with E-state index in [-0.39, 0.29) is 11.8 Å². The lowest BCUT2D eigenvalue weighted by molar-refractivity contribution is 0.528. The first-order valence-corrected chi connectivity index (χ1v) is 9.36. The molecule has 0 radical (unpaired) electrons. The fraction of sp³-hybridized carbons (Fsp3) is 0.294. The fourth-order valence-corrected chi connectivity index (χ4v) is 4.12. The van der Waals surface area contributed by atoms with Gasteiger partial charge in [0, 0.05) is 11.1 Å². The van der Waals surface area contributed by atoms with Crippen LogP contribution in [0.2, 0.25) is 5.02 Å². The Kier molecular flexibility index (Phi) is 4.52. The third-order valence-electron chi connectivity index (χ3n) is 3.83. The third-order valence-corrected chi connectivity index (χ3v) is 5.41. The van der Waals surface area contributed by atoms with Gasteiger partial charge in [-0.2, -0.15) is 0 Å².